The molecule has 0 unspecified atom stereocenters. The molecule has 1 aromatic rings. The summed E-state index contributed by atoms with van der Waals surface area (Å²) in [5, 5.41) is 11.3. The molecule has 0 saturated heterocycles. The lowest BCUT2D eigenvalue weighted by molar-refractivity contribution is -0.134. The van der Waals surface area contributed by atoms with Crippen molar-refractivity contribution in [2.45, 2.75) is 6.92 Å². The van der Waals surface area contributed by atoms with E-state index in [0.717, 1.165) is 0 Å². The lowest BCUT2D eigenvalue weighted by atomic mass is 10.1. The Morgan fingerprint density at radius 1 is 1.21 bits per heavy atom. The van der Waals surface area contributed by atoms with Crippen LogP contribution in [0.1, 0.15) is 12.5 Å². The molecular weight excluding hydrogens is 250 g/mol. The second kappa shape index (κ2) is 6.44. The zero-order valence-corrected chi connectivity index (χ0v) is 10.9. The molecule has 2 N–H and O–H groups in total. The Bertz CT molecular complexity index is 500. The van der Waals surface area contributed by atoms with Crippen molar-refractivity contribution >= 4 is 18.0 Å². The molecule has 102 valence electrons. The summed E-state index contributed by atoms with van der Waals surface area (Å²) in [4.78, 5) is 22.1. The predicted octanol–water partition coefficient (Wildman–Crippen LogP) is 1.27. The van der Waals surface area contributed by atoms with Gasteiger partial charge in [0, 0.05) is 6.92 Å². The van der Waals surface area contributed by atoms with Gasteiger partial charge in [0.05, 0.1) is 19.8 Å². The summed E-state index contributed by atoms with van der Waals surface area (Å²) in [6.07, 6.45) is 1.29. The summed E-state index contributed by atoms with van der Waals surface area (Å²) in [5.41, 5.74) is 0.189. The molecule has 0 aliphatic rings. The monoisotopic (exact) mass is 265 g/mol. The van der Waals surface area contributed by atoms with Crippen LogP contribution in [0.5, 0.6) is 11.5 Å². The molecule has 1 amide bonds. The maximum absolute atomic E-state index is 11.1. The second-order valence-corrected chi connectivity index (χ2v) is 3.62. The van der Waals surface area contributed by atoms with Crippen LogP contribution >= 0.6 is 0 Å². The molecule has 19 heavy (non-hydrogen) atoms. The molecule has 0 fully saturated rings. The van der Waals surface area contributed by atoms with Gasteiger partial charge >= 0.3 is 5.97 Å². The van der Waals surface area contributed by atoms with Gasteiger partial charge in [0.15, 0.2) is 0 Å². The normalized spacial score (nSPS) is 10.8. The number of methoxy groups -OCH3 is 2. The average molecular weight is 265 g/mol. The minimum absolute atomic E-state index is 0.254. The van der Waals surface area contributed by atoms with Crippen LogP contribution in [-0.4, -0.2) is 31.2 Å². The topological polar surface area (TPSA) is 84.9 Å². The van der Waals surface area contributed by atoms with Gasteiger partial charge < -0.3 is 19.9 Å². The molecule has 1 aromatic carbocycles. The highest BCUT2D eigenvalue weighted by Gasteiger charge is 2.13. The molecule has 0 atom stereocenters. The number of carbonyl (C=O) groups is 2. The molecule has 0 saturated carbocycles. The first kappa shape index (κ1) is 14.6. The highest BCUT2D eigenvalue weighted by atomic mass is 16.5. The van der Waals surface area contributed by atoms with Crippen molar-refractivity contribution in [2.75, 3.05) is 14.2 Å². The zero-order valence-electron chi connectivity index (χ0n) is 10.9. The number of nitrogens with one attached hydrogen (secondary N) is 1. The smallest absolute Gasteiger partial charge is 0.352 e. The van der Waals surface area contributed by atoms with Crippen molar-refractivity contribution in [3.63, 3.8) is 0 Å². The van der Waals surface area contributed by atoms with E-state index in [1.54, 1.807) is 18.2 Å². The summed E-state index contributed by atoms with van der Waals surface area (Å²) in [7, 11) is 2.93. The second-order valence-electron chi connectivity index (χ2n) is 3.62. The van der Waals surface area contributed by atoms with Gasteiger partial charge in [-0.15, -0.1) is 0 Å². The standard InChI is InChI=1S/C13H15NO5/c1-8(15)14-10(13(16)17)7-9-11(18-2)5-4-6-12(9)19-3/h4-7H,1-3H3,(H,14,15)(H,16,17)/b10-7+. The van der Waals surface area contributed by atoms with Crippen molar-refractivity contribution in [1.29, 1.82) is 0 Å². The van der Waals surface area contributed by atoms with Crippen molar-refractivity contribution in [3.8, 4) is 11.5 Å². The van der Waals surface area contributed by atoms with Gasteiger partial charge in [-0.2, -0.15) is 0 Å². The molecule has 1 rings (SSSR count). The molecule has 0 aliphatic heterocycles. The van der Waals surface area contributed by atoms with Crippen LogP contribution < -0.4 is 14.8 Å². The van der Waals surface area contributed by atoms with Gasteiger partial charge in [-0.1, -0.05) is 6.07 Å². The van der Waals surface area contributed by atoms with Crippen molar-refractivity contribution in [3.05, 3.63) is 29.5 Å². The van der Waals surface area contributed by atoms with E-state index in [2.05, 4.69) is 5.32 Å². The number of benzene rings is 1. The number of hydrogen-bond acceptors (Lipinski definition) is 4. The van der Waals surface area contributed by atoms with Crippen LogP contribution in [0.15, 0.2) is 23.9 Å². The van der Waals surface area contributed by atoms with E-state index >= 15 is 0 Å². The molecule has 0 radical (unpaired) electrons. The molecule has 0 bridgehead atoms. The highest BCUT2D eigenvalue weighted by Crippen LogP contribution is 2.30. The number of carboxylic acids is 1. The predicted molar refractivity (Wildman–Crippen MR) is 69.0 cm³/mol. The maximum atomic E-state index is 11.1. The number of ether oxygens (including phenoxy) is 2. The summed E-state index contributed by atoms with van der Waals surface area (Å²) < 4.78 is 10.3. The Morgan fingerprint density at radius 3 is 2.11 bits per heavy atom. The molecular formula is C13H15NO5. The Morgan fingerprint density at radius 2 is 1.74 bits per heavy atom. The SMILES string of the molecule is COc1cccc(OC)c1/C=C(/NC(C)=O)C(=O)O. The largest absolute Gasteiger partial charge is 0.496 e. The first-order chi connectivity index (χ1) is 8.99. The third-order valence-corrected chi connectivity index (χ3v) is 2.30. The number of aliphatic carboxylic acids is 1. The van der Waals surface area contributed by atoms with Gasteiger partial charge in [0.25, 0.3) is 0 Å². The van der Waals surface area contributed by atoms with E-state index in [9.17, 15) is 9.59 Å². The van der Waals surface area contributed by atoms with Crippen LogP contribution in [0, 0.1) is 0 Å². The van der Waals surface area contributed by atoms with Gasteiger partial charge in [0.1, 0.15) is 17.2 Å². The summed E-state index contributed by atoms with van der Waals surface area (Å²) in [6, 6.07) is 5.05. The Kier molecular flexibility index (Phi) is 4.93. The molecule has 0 aromatic heterocycles. The quantitative estimate of drug-likeness (QED) is 0.783. The first-order valence-corrected chi connectivity index (χ1v) is 5.43. The van der Waals surface area contributed by atoms with Crippen LogP contribution in [0.2, 0.25) is 0 Å². The van der Waals surface area contributed by atoms with Crippen molar-refractivity contribution < 1.29 is 24.2 Å². The third kappa shape index (κ3) is 3.74. The minimum Gasteiger partial charge on any atom is -0.496 e. The summed E-state index contributed by atoms with van der Waals surface area (Å²) in [6.45, 7) is 1.23. The molecule has 6 heteroatoms. The molecule has 6 nitrogen and oxygen atoms in total. The van der Waals surface area contributed by atoms with E-state index in [-0.39, 0.29) is 5.70 Å². The first-order valence-electron chi connectivity index (χ1n) is 5.43. The molecule has 0 aliphatic carbocycles. The number of carboxylic acid groups (broad SMARTS) is 1. The van der Waals surface area contributed by atoms with Gasteiger partial charge in [-0.05, 0) is 18.2 Å². The van der Waals surface area contributed by atoms with Crippen molar-refractivity contribution in [1.82, 2.24) is 5.32 Å². The average Bonchev–Trinajstić information content (AvgIpc) is 2.37. The number of carbonyl (C=O) groups excluding carboxylic acids is 1. The lowest BCUT2D eigenvalue weighted by Gasteiger charge is -2.11. The van der Waals surface area contributed by atoms with E-state index in [0.29, 0.717) is 17.1 Å². The van der Waals surface area contributed by atoms with E-state index < -0.39 is 11.9 Å². The lowest BCUT2D eigenvalue weighted by Crippen LogP contribution is -2.24. The van der Waals surface area contributed by atoms with Crippen LogP contribution in [0.25, 0.3) is 6.08 Å². The Hall–Kier alpha value is -2.50. The van der Waals surface area contributed by atoms with E-state index in [1.165, 1.54) is 27.2 Å². The summed E-state index contributed by atoms with van der Waals surface area (Å²) in [5.74, 6) is -0.822. The highest BCUT2D eigenvalue weighted by molar-refractivity contribution is 5.97. The summed E-state index contributed by atoms with van der Waals surface area (Å²) >= 11 is 0. The fourth-order valence-electron chi connectivity index (χ4n) is 1.51. The van der Waals surface area contributed by atoms with Crippen molar-refractivity contribution in [2.24, 2.45) is 0 Å². The van der Waals surface area contributed by atoms with E-state index in [1.807, 2.05) is 0 Å². The fraction of sp³-hybridized carbons (Fsp3) is 0.231. The number of amides is 1. The van der Waals surface area contributed by atoms with Gasteiger partial charge in [-0.3, -0.25) is 4.79 Å². The third-order valence-electron chi connectivity index (χ3n) is 2.30. The zero-order chi connectivity index (χ0) is 14.4. The van der Waals surface area contributed by atoms with Gasteiger partial charge in [-0.25, -0.2) is 4.79 Å². The fourth-order valence-corrected chi connectivity index (χ4v) is 1.51. The number of hydrogen-bond donors (Lipinski definition) is 2. The molecule has 0 spiro atoms. The van der Waals surface area contributed by atoms with Crippen LogP contribution in [-0.2, 0) is 9.59 Å². The Labute approximate surface area is 110 Å². The molecule has 0 heterocycles. The van der Waals surface area contributed by atoms with Crippen LogP contribution in [0.4, 0.5) is 0 Å². The van der Waals surface area contributed by atoms with Crippen LogP contribution in [0.3, 0.4) is 0 Å². The number of rotatable bonds is 5. The van der Waals surface area contributed by atoms with E-state index in [4.69, 9.17) is 14.6 Å². The maximum Gasteiger partial charge on any atom is 0.352 e. The van der Waals surface area contributed by atoms with Gasteiger partial charge in [0.2, 0.25) is 5.91 Å². The minimum atomic E-state index is -1.25. The Balaban J connectivity index is 3.33.